The molecule has 0 spiro atoms. The molecule has 3 aliphatic rings. The molecule has 14 heteroatoms. The maximum Gasteiger partial charge on any atom is 0.311 e. The summed E-state index contributed by atoms with van der Waals surface area (Å²) in [6.45, 7) is 17.9. The lowest BCUT2D eigenvalue weighted by molar-refractivity contribution is -0.310. The molecule has 0 aromatic rings. The third-order valence-electron chi connectivity index (χ3n) is 11.7. The monoisotopic (exact) mass is 746 g/mol. The van der Waals surface area contributed by atoms with E-state index in [1.165, 1.54) is 14.0 Å². The normalized spacial score (nSPS) is 47.8. The van der Waals surface area contributed by atoms with Crippen LogP contribution in [-0.2, 0) is 42.7 Å². The van der Waals surface area contributed by atoms with Crippen molar-refractivity contribution in [2.45, 2.75) is 179 Å². The second-order valence-corrected chi connectivity index (χ2v) is 16.7. The summed E-state index contributed by atoms with van der Waals surface area (Å²) in [6, 6.07) is -0.621. The number of Topliss-reactive ketones (excluding diaryl/α,β-unsaturated/α-hetero) is 1. The van der Waals surface area contributed by atoms with Crippen molar-refractivity contribution >= 4 is 11.8 Å². The lowest BCUT2D eigenvalue weighted by Crippen LogP contribution is -2.60. The first kappa shape index (κ1) is 45.1. The highest BCUT2D eigenvalue weighted by Gasteiger charge is 2.52. The molecular weight excluding hydrogens is 676 g/mol. The molecule has 0 radical (unpaired) electrons. The summed E-state index contributed by atoms with van der Waals surface area (Å²) in [5.41, 5.74) is -4.51. The Bertz CT molecular complexity index is 1170. The lowest BCUT2D eigenvalue weighted by Gasteiger charge is -2.48. The average Bonchev–Trinajstić information content (AvgIpc) is 3.07. The van der Waals surface area contributed by atoms with Crippen molar-refractivity contribution in [1.82, 2.24) is 10.2 Å². The van der Waals surface area contributed by atoms with E-state index in [9.17, 15) is 24.9 Å². The second-order valence-electron chi connectivity index (χ2n) is 16.7. The van der Waals surface area contributed by atoms with Crippen LogP contribution in [0.4, 0.5) is 0 Å². The van der Waals surface area contributed by atoms with Crippen LogP contribution in [0, 0.1) is 17.8 Å². The first-order valence-corrected chi connectivity index (χ1v) is 19.0. The minimum absolute atomic E-state index is 0.0431. The maximum absolute atomic E-state index is 14.2. The van der Waals surface area contributed by atoms with E-state index in [1.54, 1.807) is 48.7 Å². The Labute approximate surface area is 311 Å². The molecule has 0 amide bonds. The van der Waals surface area contributed by atoms with E-state index in [0.29, 0.717) is 13.0 Å². The Kier molecular flexibility index (Phi) is 15.7. The Morgan fingerprint density at radius 2 is 1.58 bits per heavy atom. The average molecular weight is 747 g/mol. The SMILES string of the molecule is CCC1OC(=O)C(C)C(OC2CC(C)(OC)C(=O)C(C)O2)C(C)C(OC2OC(C)CC(N(C)C)C2OC)C(C)(O)CC(C)CNC(C)C(O)C1(C)O. The number of likely N-dealkylation sites (N-methyl/N-ethyl adjacent to an activating group) is 1. The fourth-order valence-corrected chi connectivity index (χ4v) is 8.46. The number of nitrogens with one attached hydrogen (secondary N) is 1. The standard InChI is InChI=1S/C38H70N2O12/c1-15-27-38(10,45)31(41)24(6)39-19-20(2)17-36(8,44)33(52-35-30(46-13)26(40(11)12)16-21(3)48-35)22(4)29(23(5)34(43)50-27)51-28-18-37(9,47-14)32(42)25(7)49-28/h20-31,33,35,39,41,44-45H,15-19H2,1-14H3. The zero-order valence-corrected chi connectivity index (χ0v) is 34.1. The minimum Gasteiger partial charge on any atom is -0.459 e. The predicted molar refractivity (Wildman–Crippen MR) is 193 cm³/mol. The van der Waals surface area contributed by atoms with E-state index in [1.807, 2.05) is 34.9 Å². The highest BCUT2D eigenvalue weighted by atomic mass is 16.7. The molecule has 0 aromatic carbocycles. The number of nitrogens with zero attached hydrogens (tertiary/aromatic N) is 1. The molecule has 0 aromatic heterocycles. The van der Waals surface area contributed by atoms with Crippen LogP contribution in [0.15, 0.2) is 0 Å². The van der Waals surface area contributed by atoms with Crippen molar-refractivity contribution in [1.29, 1.82) is 0 Å². The summed E-state index contributed by atoms with van der Waals surface area (Å²) < 4.78 is 43.7. The summed E-state index contributed by atoms with van der Waals surface area (Å²) in [6.07, 6.45) is -6.48. The van der Waals surface area contributed by atoms with Gasteiger partial charge in [0.25, 0.3) is 0 Å². The molecule has 0 bridgehead atoms. The van der Waals surface area contributed by atoms with Gasteiger partial charge in [-0.05, 0) is 94.3 Å². The summed E-state index contributed by atoms with van der Waals surface area (Å²) in [4.78, 5) is 29.3. The van der Waals surface area contributed by atoms with Gasteiger partial charge in [0.2, 0.25) is 0 Å². The number of carbonyl (C=O) groups excluding carboxylic acids is 2. The predicted octanol–water partition coefficient (Wildman–Crippen LogP) is 2.42. The molecule has 4 N–H and O–H groups in total. The van der Waals surface area contributed by atoms with Gasteiger partial charge in [-0.2, -0.15) is 0 Å². The highest BCUT2D eigenvalue weighted by Crippen LogP contribution is 2.39. The van der Waals surface area contributed by atoms with E-state index in [4.69, 9.17) is 33.2 Å². The summed E-state index contributed by atoms with van der Waals surface area (Å²) in [7, 11) is 7.02. The molecule has 3 rings (SSSR count). The van der Waals surface area contributed by atoms with Crippen LogP contribution in [0.1, 0.15) is 94.9 Å². The zero-order valence-electron chi connectivity index (χ0n) is 34.1. The molecule has 17 unspecified atom stereocenters. The quantitative estimate of drug-likeness (QED) is 0.267. The number of esters is 1. The van der Waals surface area contributed by atoms with Gasteiger partial charge in [0, 0.05) is 38.6 Å². The molecule has 3 saturated heterocycles. The van der Waals surface area contributed by atoms with E-state index in [-0.39, 0.29) is 43.1 Å². The Morgan fingerprint density at radius 1 is 0.942 bits per heavy atom. The maximum atomic E-state index is 14.2. The van der Waals surface area contributed by atoms with E-state index >= 15 is 0 Å². The fraction of sp³-hybridized carbons (Fsp3) is 0.947. The van der Waals surface area contributed by atoms with Crippen molar-refractivity contribution in [2.24, 2.45) is 17.8 Å². The van der Waals surface area contributed by atoms with Gasteiger partial charge >= 0.3 is 5.97 Å². The summed E-state index contributed by atoms with van der Waals surface area (Å²) >= 11 is 0. The zero-order chi connectivity index (χ0) is 39.5. The van der Waals surface area contributed by atoms with Gasteiger partial charge < -0.3 is 58.7 Å². The molecule has 0 aliphatic carbocycles. The number of rotatable bonds is 8. The Hall–Kier alpha value is -1.30. The van der Waals surface area contributed by atoms with Crippen molar-refractivity contribution < 1.29 is 58.1 Å². The number of carbonyl (C=O) groups is 2. The molecule has 304 valence electrons. The van der Waals surface area contributed by atoms with E-state index in [0.717, 1.165) is 0 Å². The smallest absolute Gasteiger partial charge is 0.311 e. The van der Waals surface area contributed by atoms with E-state index < -0.39 is 89.9 Å². The van der Waals surface area contributed by atoms with Crippen LogP contribution in [-0.4, -0.2) is 151 Å². The third kappa shape index (κ3) is 10.1. The second kappa shape index (κ2) is 18.1. The van der Waals surface area contributed by atoms with Crippen molar-refractivity contribution in [3.05, 3.63) is 0 Å². The molecule has 14 nitrogen and oxygen atoms in total. The van der Waals surface area contributed by atoms with Crippen molar-refractivity contribution in [3.8, 4) is 0 Å². The molecule has 3 heterocycles. The number of aliphatic hydroxyl groups is 3. The van der Waals surface area contributed by atoms with Crippen LogP contribution in [0.2, 0.25) is 0 Å². The van der Waals surface area contributed by atoms with Crippen LogP contribution in [0.5, 0.6) is 0 Å². The molecule has 52 heavy (non-hydrogen) atoms. The summed E-state index contributed by atoms with van der Waals surface area (Å²) in [5.74, 6) is -2.76. The molecule has 3 fully saturated rings. The van der Waals surface area contributed by atoms with Crippen LogP contribution in [0.3, 0.4) is 0 Å². The van der Waals surface area contributed by atoms with Gasteiger partial charge in [0.1, 0.15) is 35.6 Å². The number of methoxy groups -OCH3 is 2. The van der Waals surface area contributed by atoms with Gasteiger partial charge in [-0.3, -0.25) is 9.59 Å². The fourth-order valence-electron chi connectivity index (χ4n) is 8.46. The molecule has 17 atom stereocenters. The van der Waals surface area contributed by atoms with Crippen molar-refractivity contribution in [2.75, 3.05) is 34.9 Å². The topological polar surface area (TPSA) is 175 Å². The van der Waals surface area contributed by atoms with Gasteiger partial charge in [-0.25, -0.2) is 0 Å². The third-order valence-corrected chi connectivity index (χ3v) is 11.7. The highest BCUT2D eigenvalue weighted by molar-refractivity contribution is 5.91. The number of cyclic esters (lactones) is 1. The largest absolute Gasteiger partial charge is 0.459 e. The minimum atomic E-state index is -1.80. The van der Waals surface area contributed by atoms with Crippen molar-refractivity contribution in [3.63, 3.8) is 0 Å². The van der Waals surface area contributed by atoms with Gasteiger partial charge in [0.05, 0.1) is 29.8 Å². The molecular formula is C38H70N2O12. The molecule has 3 aliphatic heterocycles. The Balaban J connectivity index is 2.17. The number of ether oxygens (including phenoxy) is 7. The number of aliphatic hydroxyl groups excluding tert-OH is 1. The summed E-state index contributed by atoms with van der Waals surface area (Å²) in [5, 5.41) is 38.7. The number of hydrogen-bond donors (Lipinski definition) is 4. The molecule has 0 saturated carbocycles. The first-order valence-electron chi connectivity index (χ1n) is 19.0. The van der Waals surface area contributed by atoms with Crippen LogP contribution >= 0.6 is 0 Å². The number of hydrogen-bond acceptors (Lipinski definition) is 14. The van der Waals surface area contributed by atoms with E-state index in [2.05, 4.69) is 10.2 Å². The van der Waals surface area contributed by atoms with Gasteiger partial charge in [-0.1, -0.05) is 20.8 Å². The first-order chi connectivity index (χ1) is 24.0. The van der Waals surface area contributed by atoms with Crippen LogP contribution < -0.4 is 5.32 Å². The van der Waals surface area contributed by atoms with Gasteiger partial charge in [0.15, 0.2) is 18.4 Å². The van der Waals surface area contributed by atoms with Crippen LogP contribution in [0.25, 0.3) is 0 Å². The van der Waals surface area contributed by atoms with Gasteiger partial charge in [-0.15, -0.1) is 0 Å². The Morgan fingerprint density at radius 3 is 2.13 bits per heavy atom. The lowest BCUT2D eigenvalue weighted by atomic mass is 9.77. The number of ketones is 1.